The van der Waals surface area contributed by atoms with E-state index in [9.17, 15) is 10.1 Å². The topological polar surface area (TPSA) is 72.2 Å². The summed E-state index contributed by atoms with van der Waals surface area (Å²) < 4.78 is 5.34. The van der Waals surface area contributed by atoms with Crippen molar-refractivity contribution in [2.24, 2.45) is 4.99 Å². The third kappa shape index (κ3) is 3.80. The molecular formula is C23H29N5O2. The summed E-state index contributed by atoms with van der Waals surface area (Å²) in [6.07, 6.45) is 6.71. The molecular weight excluding hydrogens is 378 g/mol. The van der Waals surface area contributed by atoms with Crippen molar-refractivity contribution < 1.29 is 9.53 Å². The van der Waals surface area contributed by atoms with Crippen LogP contribution in [0.25, 0.3) is 0 Å². The van der Waals surface area contributed by atoms with Gasteiger partial charge < -0.3 is 9.64 Å². The molecule has 2 amide bonds. The highest BCUT2D eigenvalue weighted by Gasteiger charge is 2.46. The Labute approximate surface area is 178 Å². The molecule has 4 rings (SSSR count). The molecule has 7 nitrogen and oxygen atoms in total. The molecule has 0 spiro atoms. The number of rotatable bonds is 5. The number of para-hydroxylation sites is 1. The van der Waals surface area contributed by atoms with Crippen molar-refractivity contribution >= 4 is 18.1 Å². The molecule has 0 radical (unpaired) electrons. The van der Waals surface area contributed by atoms with E-state index in [0.717, 1.165) is 32.4 Å². The normalized spacial score (nSPS) is 25.4. The lowest BCUT2D eigenvalue weighted by molar-refractivity contribution is 0.132. The number of urea groups is 1. The highest BCUT2D eigenvalue weighted by molar-refractivity contribution is 5.98. The number of carbonyl (C=O) groups excluding carboxylic acids is 1. The molecule has 3 heterocycles. The lowest BCUT2D eigenvalue weighted by atomic mass is 9.93. The van der Waals surface area contributed by atoms with E-state index in [4.69, 9.17) is 4.74 Å². The van der Waals surface area contributed by atoms with Crippen molar-refractivity contribution in [1.82, 2.24) is 9.80 Å². The summed E-state index contributed by atoms with van der Waals surface area (Å²) >= 11 is 0. The van der Waals surface area contributed by atoms with Gasteiger partial charge in [0, 0.05) is 12.6 Å². The van der Waals surface area contributed by atoms with Crippen LogP contribution in [-0.4, -0.2) is 60.6 Å². The summed E-state index contributed by atoms with van der Waals surface area (Å²) in [5.74, 6) is 0.384. The molecule has 0 aromatic heterocycles. The number of hydrogen-bond donors (Lipinski definition) is 0. The van der Waals surface area contributed by atoms with E-state index >= 15 is 0 Å². The summed E-state index contributed by atoms with van der Waals surface area (Å²) in [6.45, 7) is 5.07. The van der Waals surface area contributed by atoms with E-state index < -0.39 is 0 Å². The fourth-order valence-electron chi connectivity index (χ4n) is 4.85. The smallest absolute Gasteiger partial charge is 0.330 e. The molecule has 0 bridgehead atoms. The molecule has 3 aliphatic heterocycles. The standard InChI is InChI=1S/C23H29N5O2/c1-2-30-17-25-22-19(16-24)21-20(26-13-8-9-14-26)12-6-7-15-27(21)23(29)28(22)18-10-4-3-5-11-18/h3-5,10-11,17,20-21H,2,6-9,12-15H2,1H3/b25-17+. The van der Waals surface area contributed by atoms with E-state index in [1.807, 2.05) is 42.2 Å². The number of amides is 2. The Morgan fingerprint density at radius 2 is 1.90 bits per heavy atom. The van der Waals surface area contributed by atoms with Crippen molar-refractivity contribution in [3.8, 4) is 6.07 Å². The van der Waals surface area contributed by atoms with Gasteiger partial charge >= 0.3 is 6.03 Å². The van der Waals surface area contributed by atoms with E-state index in [0.29, 0.717) is 30.2 Å². The van der Waals surface area contributed by atoms with Gasteiger partial charge in [-0.3, -0.25) is 4.90 Å². The van der Waals surface area contributed by atoms with Crippen LogP contribution in [0.5, 0.6) is 0 Å². The van der Waals surface area contributed by atoms with Crippen LogP contribution in [0, 0.1) is 11.3 Å². The average Bonchev–Trinajstić information content (AvgIpc) is 3.21. The van der Waals surface area contributed by atoms with Crippen LogP contribution in [0.4, 0.5) is 10.5 Å². The van der Waals surface area contributed by atoms with Gasteiger partial charge in [0.15, 0.2) is 12.2 Å². The number of anilines is 1. The minimum absolute atomic E-state index is 0.111. The monoisotopic (exact) mass is 407 g/mol. The molecule has 1 aromatic carbocycles. The third-order valence-electron chi connectivity index (χ3n) is 6.20. The van der Waals surface area contributed by atoms with Gasteiger partial charge in [0.25, 0.3) is 0 Å². The molecule has 2 atom stereocenters. The van der Waals surface area contributed by atoms with E-state index in [2.05, 4.69) is 16.0 Å². The Morgan fingerprint density at radius 1 is 1.17 bits per heavy atom. The highest BCUT2D eigenvalue weighted by Crippen LogP contribution is 2.37. The third-order valence-corrected chi connectivity index (χ3v) is 6.20. The minimum Gasteiger partial charge on any atom is -0.483 e. The minimum atomic E-state index is -0.267. The first kappa shape index (κ1) is 20.4. The molecule has 0 aliphatic carbocycles. The zero-order valence-electron chi connectivity index (χ0n) is 17.5. The van der Waals surface area contributed by atoms with E-state index in [1.165, 1.54) is 19.2 Å². The van der Waals surface area contributed by atoms with Crippen LogP contribution in [0.1, 0.15) is 39.0 Å². The molecule has 1 aromatic rings. The second kappa shape index (κ2) is 9.31. The second-order valence-corrected chi connectivity index (χ2v) is 7.94. The lowest BCUT2D eigenvalue weighted by Crippen LogP contribution is -2.59. The summed E-state index contributed by atoms with van der Waals surface area (Å²) in [5.41, 5.74) is 1.26. The Balaban J connectivity index is 1.85. The molecule has 2 saturated heterocycles. The number of fused-ring (bicyclic) bond motifs is 1. The number of nitriles is 1. The van der Waals surface area contributed by atoms with Crippen molar-refractivity contribution in [2.75, 3.05) is 31.1 Å². The zero-order chi connectivity index (χ0) is 20.9. The molecule has 3 aliphatic rings. The van der Waals surface area contributed by atoms with E-state index in [-0.39, 0.29) is 18.1 Å². The van der Waals surface area contributed by atoms with Gasteiger partial charge in [-0.1, -0.05) is 24.6 Å². The van der Waals surface area contributed by atoms with Gasteiger partial charge in [-0.2, -0.15) is 5.26 Å². The van der Waals surface area contributed by atoms with Crippen molar-refractivity contribution in [1.29, 1.82) is 5.26 Å². The second-order valence-electron chi connectivity index (χ2n) is 7.94. The molecule has 2 unspecified atom stereocenters. The van der Waals surface area contributed by atoms with Gasteiger partial charge in [-0.05, 0) is 57.8 Å². The number of likely N-dealkylation sites (tertiary alicyclic amines) is 1. The van der Waals surface area contributed by atoms with Crippen molar-refractivity contribution in [2.45, 2.75) is 51.1 Å². The van der Waals surface area contributed by atoms with Crippen LogP contribution >= 0.6 is 0 Å². The first-order chi connectivity index (χ1) is 14.8. The van der Waals surface area contributed by atoms with Crippen LogP contribution in [0.2, 0.25) is 0 Å². The summed E-state index contributed by atoms with van der Waals surface area (Å²) in [4.78, 5) is 24.2. The summed E-state index contributed by atoms with van der Waals surface area (Å²) in [5, 5.41) is 10.3. The highest BCUT2D eigenvalue weighted by atomic mass is 16.5. The Hall–Kier alpha value is -2.85. The summed E-state index contributed by atoms with van der Waals surface area (Å²) in [7, 11) is 0. The Kier molecular flexibility index (Phi) is 6.34. The Bertz CT molecular complexity index is 854. The van der Waals surface area contributed by atoms with Crippen LogP contribution in [0.3, 0.4) is 0 Å². The van der Waals surface area contributed by atoms with Gasteiger partial charge in [-0.15, -0.1) is 0 Å². The predicted octanol–water partition coefficient (Wildman–Crippen LogP) is 3.75. The van der Waals surface area contributed by atoms with Gasteiger partial charge in [0.2, 0.25) is 0 Å². The molecule has 0 saturated carbocycles. The molecule has 2 fully saturated rings. The molecule has 30 heavy (non-hydrogen) atoms. The lowest BCUT2D eigenvalue weighted by Gasteiger charge is -2.45. The Morgan fingerprint density at radius 3 is 2.60 bits per heavy atom. The maximum Gasteiger partial charge on any atom is 0.330 e. The van der Waals surface area contributed by atoms with Gasteiger partial charge in [-0.25, -0.2) is 14.7 Å². The number of aliphatic imine (C=N–C) groups is 1. The number of nitrogens with zero attached hydrogens (tertiary/aromatic N) is 5. The molecule has 7 heteroatoms. The maximum absolute atomic E-state index is 13.8. The van der Waals surface area contributed by atoms with Crippen LogP contribution < -0.4 is 4.90 Å². The fraction of sp³-hybridized carbons (Fsp3) is 0.522. The van der Waals surface area contributed by atoms with E-state index in [1.54, 1.807) is 4.90 Å². The predicted molar refractivity (Wildman–Crippen MR) is 116 cm³/mol. The summed E-state index contributed by atoms with van der Waals surface area (Å²) in [6, 6.07) is 11.6. The quantitative estimate of drug-likeness (QED) is 0.551. The number of ether oxygens (including phenoxy) is 1. The van der Waals surface area contributed by atoms with Crippen molar-refractivity contribution in [3.05, 3.63) is 41.7 Å². The van der Waals surface area contributed by atoms with Crippen molar-refractivity contribution in [3.63, 3.8) is 0 Å². The fourth-order valence-corrected chi connectivity index (χ4v) is 4.85. The van der Waals surface area contributed by atoms with Crippen LogP contribution in [-0.2, 0) is 4.74 Å². The first-order valence-electron chi connectivity index (χ1n) is 10.9. The SMILES string of the molecule is CCO/C=N/C1=C(C#N)C2C(N3CCCC3)CCCCN2C(=O)N1c1ccccc1. The van der Waals surface area contributed by atoms with Crippen LogP contribution in [0.15, 0.2) is 46.7 Å². The largest absolute Gasteiger partial charge is 0.483 e. The number of benzene rings is 1. The number of carbonyl (C=O) groups is 1. The average molecular weight is 408 g/mol. The molecule has 158 valence electrons. The zero-order valence-corrected chi connectivity index (χ0v) is 17.5. The first-order valence-corrected chi connectivity index (χ1v) is 10.9. The molecule has 0 N–H and O–H groups in total. The van der Waals surface area contributed by atoms with Gasteiger partial charge in [0.05, 0.1) is 23.9 Å². The number of hydrogen-bond acceptors (Lipinski definition) is 5. The van der Waals surface area contributed by atoms with Gasteiger partial charge in [0.1, 0.15) is 6.07 Å². The maximum atomic E-state index is 13.8.